The van der Waals surface area contributed by atoms with Gasteiger partial charge in [0.15, 0.2) is 0 Å². The Kier molecular flexibility index (Phi) is 9.45. The van der Waals surface area contributed by atoms with E-state index in [-0.39, 0.29) is 22.3 Å². The van der Waals surface area contributed by atoms with Gasteiger partial charge in [0, 0.05) is 19.6 Å². The number of ether oxygens (including phenoxy) is 4. The first-order valence-corrected chi connectivity index (χ1v) is 16.8. The Morgan fingerprint density at radius 3 is 0.680 bits per heavy atom. The molecule has 13 rings (SSSR count). The minimum absolute atomic E-state index is 0.0705. The van der Waals surface area contributed by atoms with Crippen LogP contribution in [0.25, 0.3) is 0 Å². The first kappa shape index (κ1) is 32.4. The molecule has 0 unspecified atom stereocenters. The number of carbonyl (C=O) groups excluding carboxylic acids is 4. The standard InChI is InChI=1S/C40H24O8S2/c41-37-33-5-1-2-6-34(33)38(42)46-26-11-19-30(20-12-26)50-32-23-15-28(16-24-32)48-40(44)36-8-4-3-7-35(36)39(43)47-27-13-21-31(22-14-27)49-29-17-9-25(45-37)10-18-29/h1-24H. The Morgan fingerprint density at radius 1 is 0.280 bits per heavy atom. The second kappa shape index (κ2) is 14.6. The van der Waals surface area contributed by atoms with Crippen molar-refractivity contribution in [3.8, 4) is 23.0 Å². The molecule has 6 aromatic carbocycles. The van der Waals surface area contributed by atoms with Crippen LogP contribution >= 0.6 is 23.5 Å². The maximum absolute atomic E-state index is 13.1. The van der Waals surface area contributed by atoms with E-state index >= 15 is 0 Å². The van der Waals surface area contributed by atoms with Gasteiger partial charge in [-0.2, -0.15) is 0 Å². The summed E-state index contributed by atoms with van der Waals surface area (Å²) < 4.78 is 22.4. The molecule has 7 aliphatic heterocycles. The summed E-state index contributed by atoms with van der Waals surface area (Å²) in [7, 11) is 0. The second-order valence-corrected chi connectivity index (χ2v) is 13.0. The summed E-state index contributed by atoms with van der Waals surface area (Å²) >= 11 is 2.90. The van der Waals surface area contributed by atoms with Gasteiger partial charge in [-0.15, -0.1) is 0 Å². The highest BCUT2D eigenvalue weighted by atomic mass is 32.2. The molecule has 6 aromatic rings. The minimum Gasteiger partial charge on any atom is -0.423 e. The average molecular weight is 697 g/mol. The van der Waals surface area contributed by atoms with Crippen LogP contribution in [0.4, 0.5) is 0 Å². The number of rotatable bonds is 0. The van der Waals surface area contributed by atoms with Crippen molar-refractivity contribution in [1.82, 2.24) is 0 Å². The average Bonchev–Trinajstić information content (AvgIpc) is 3.14. The summed E-state index contributed by atoms with van der Waals surface area (Å²) in [5, 5.41) is 0. The van der Waals surface area contributed by atoms with Gasteiger partial charge in [-0.3, -0.25) is 0 Å². The molecule has 7 aliphatic rings. The molecule has 0 aromatic heterocycles. The lowest BCUT2D eigenvalue weighted by atomic mass is 10.1. The lowest BCUT2D eigenvalue weighted by Crippen LogP contribution is -2.17. The molecular formula is C40H24O8S2. The van der Waals surface area contributed by atoms with E-state index in [1.807, 2.05) is 0 Å². The fraction of sp³-hybridized carbons (Fsp3) is 0. The van der Waals surface area contributed by atoms with Crippen molar-refractivity contribution in [2.45, 2.75) is 19.6 Å². The quantitative estimate of drug-likeness (QED) is 0.113. The normalized spacial score (nSPS) is 13.4. The Bertz CT molecular complexity index is 1900. The number of esters is 4. The van der Waals surface area contributed by atoms with Crippen LogP contribution in [0.3, 0.4) is 0 Å². The van der Waals surface area contributed by atoms with Gasteiger partial charge >= 0.3 is 23.9 Å². The molecule has 7 heterocycles. The molecule has 0 N–H and O–H groups in total. The molecule has 0 spiro atoms. The van der Waals surface area contributed by atoms with Crippen molar-refractivity contribution < 1.29 is 38.1 Å². The van der Waals surface area contributed by atoms with Crippen molar-refractivity contribution in [3.63, 3.8) is 0 Å². The van der Waals surface area contributed by atoms with E-state index in [0.29, 0.717) is 23.0 Å². The monoisotopic (exact) mass is 696 g/mol. The zero-order chi connectivity index (χ0) is 34.5. The highest BCUT2D eigenvalue weighted by Crippen LogP contribution is 2.32. The fourth-order valence-corrected chi connectivity index (χ4v) is 6.53. The van der Waals surface area contributed by atoms with Crippen LogP contribution < -0.4 is 18.9 Å². The maximum atomic E-state index is 13.1. The van der Waals surface area contributed by atoms with Crippen LogP contribution in [0.1, 0.15) is 41.4 Å². The van der Waals surface area contributed by atoms with E-state index in [4.69, 9.17) is 18.9 Å². The predicted octanol–water partition coefficient (Wildman–Crippen LogP) is 9.18. The maximum Gasteiger partial charge on any atom is 0.344 e. The third-order valence-corrected chi connectivity index (χ3v) is 9.37. The van der Waals surface area contributed by atoms with Gasteiger partial charge in [0.05, 0.1) is 22.3 Å². The van der Waals surface area contributed by atoms with Crippen LogP contribution in [0.5, 0.6) is 23.0 Å². The first-order valence-electron chi connectivity index (χ1n) is 15.2. The van der Waals surface area contributed by atoms with Gasteiger partial charge in [0.2, 0.25) is 0 Å². The molecule has 0 atom stereocenters. The van der Waals surface area contributed by atoms with Crippen molar-refractivity contribution in [2.24, 2.45) is 0 Å². The van der Waals surface area contributed by atoms with Gasteiger partial charge in [0.25, 0.3) is 0 Å². The number of hydrogen-bond donors (Lipinski definition) is 0. The number of benzene rings is 6. The van der Waals surface area contributed by atoms with Crippen molar-refractivity contribution in [1.29, 1.82) is 0 Å². The third kappa shape index (κ3) is 7.62. The van der Waals surface area contributed by atoms with Crippen molar-refractivity contribution in [3.05, 3.63) is 168 Å². The molecular weight excluding hydrogens is 673 g/mol. The molecule has 0 aliphatic carbocycles. The number of carbonyl (C=O) groups is 4. The smallest absolute Gasteiger partial charge is 0.344 e. The van der Waals surface area contributed by atoms with Gasteiger partial charge in [-0.1, -0.05) is 47.8 Å². The first-order chi connectivity index (χ1) is 24.4. The molecule has 8 nitrogen and oxygen atoms in total. The Labute approximate surface area is 295 Å². The van der Waals surface area contributed by atoms with E-state index in [0.717, 1.165) is 19.6 Å². The summed E-state index contributed by atoms with van der Waals surface area (Å²) in [6, 6.07) is 40.3. The van der Waals surface area contributed by atoms with Crippen molar-refractivity contribution >= 4 is 47.4 Å². The van der Waals surface area contributed by atoms with Crippen LogP contribution in [-0.4, -0.2) is 23.9 Å². The molecule has 10 heteroatoms. The summed E-state index contributed by atoms with van der Waals surface area (Å²) in [5.74, 6) is -1.58. The Balaban J connectivity index is 1.17. The van der Waals surface area contributed by atoms with Gasteiger partial charge in [-0.05, 0) is 121 Å². The van der Waals surface area contributed by atoms with E-state index in [9.17, 15) is 19.2 Å². The lowest BCUT2D eigenvalue weighted by Gasteiger charge is -2.11. The van der Waals surface area contributed by atoms with Crippen LogP contribution in [0.15, 0.2) is 165 Å². The molecule has 0 saturated heterocycles. The van der Waals surface area contributed by atoms with Gasteiger partial charge < -0.3 is 18.9 Å². The topological polar surface area (TPSA) is 105 Å². The van der Waals surface area contributed by atoms with Crippen LogP contribution in [0, 0.1) is 0 Å². The van der Waals surface area contributed by atoms with E-state index in [1.54, 1.807) is 121 Å². The zero-order valence-corrected chi connectivity index (χ0v) is 27.6. The highest BCUT2D eigenvalue weighted by Gasteiger charge is 2.22. The molecule has 0 amide bonds. The molecule has 50 heavy (non-hydrogen) atoms. The number of hydrogen-bond acceptors (Lipinski definition) is 10. The van der Waals surface area contributed by atoms with E-state index < -0.39 is 23.9 Å². The molecule has 244 valence electrons. The summed E-state index contributed by atoms with van der Waals surface area (Å²) in [6.45, 7) is 0. The second-order valence-electron chi connectivity index (χ2n) is 10.7. The van der Waals surface area contributed by atoms with Gasteiger partial charge in [-0.25, -0.2) is 19.2 Å². The Hall–Kier alpha value is -6.10. The van der Waals surface area contributed by atoms with E-state index in [2.05, 4.69) is 0 Å². The third-order valence-electron chi connectivity index (χ3n) is 7.34. The predicted molar refractivity (Wildman–Crippen MR) is 187 cm³/mol. The zero-order valence-electron chi connectivity index (χ0n) is 25.9. The van der Waals surface area contributed by atoms with Gasteiger partial charge in [0.1, 0.15) is 23.0 Å². The summed E-state index contributed by atoms with van der Waals surface area (Å²) in [6.07, 6.45) is 0. The largest absolute Gasteiger partial charge is 0.423 e. The lowest BCUT2D eigenvalue weighted by molar-refractivity contribution is 0.0692. The minimum atomic E-state index is -0.696. The highest BCUT2D eigenvalue weighted by molar-refractivity contribution is 7.99. The Morgan fingerprint density at radius 2 is 0.480 bits per heavy atom. The molecule has 8 bridgehead atoms. The summed E-state index contributed by atoms with van der Waals surface area (Å²) in [5.41, 5.74) is 0.282. The molecule has 0 saturated carbocycles. The SMILES string of the molecule is O=C1Oc2ccc(cc2)Sc2ccc(cc2)OC(=O)c2ccccc2C(=O)Oc2ccc(cc2)Sc2ccc(cc2)OC(=O)c2ccccc21. The summed E-state index contributed by atoms with van der Waals surface area (Å²) in [4.78, 5) is 56.0. The fourth-order valence-electron chi connectivity index (χ4n) is 4.90. The van der Waals surface area contributed by atoms with E-state index in [1.165, 1.54) is 47.8 Å². The van der Waals surface area contributed by atoms with Crippen LogP contribution in [-0.2, 0) is 0 Å². The van der Waals surface area contributed by atoms with Crippen molar-refractivity contribution in [2.75, 3.05) is 0 Å². The molecule has 0 fully saturated rings. The molecule has 0 radical (unpaired) electrons. The van der Waals surface area contributed by atoms with Crippen LogP contribution in [0.2, 0.25) is 0 Å².